The highest BCUT2D eigenvalue weighted by Crippen LogP contribution is 2.22. The smallest absolute Gasteiger partial charge is 0.252 e. The maximum atomic E-state index is 12.0. The van der Waals surface area contributed by atoms with Crippen LogP contribution in [0.4, 0.5) is 5.69 Å². The molecule has 2 rings (SSSR count). The molecule has 1 aliphatic heterocycles. The van der Waals surface area contributed by atoms with Crippen LogP contribution in [0.2, 0.25) is 0 Å². The molecule has 1 N–H and O–H groups in total. The Morgan fingerprint density at radius 3 is 2.67 bits per heavy atom. The molecule has 0 aliphatic carbocycles. The molecule has 18 heavy (non-hydrogen) atoms. The van der Waals surface area contributed by atoms with E-state index in [0.717, 1.165) is 11.3 Å². The summed E-state index contributed by atoms with van der Waals surface area (Å²) in [6.45, 7) is 6.30. The third-order valence-corrected chi connectivity index (χ3v) is 3.49. The Morgan fingerprint density at radius 2 is 2.06 bits per heavy atom. The maximum Gasteiger partial charge on any atom is 0.252 e. The Bertz CT molecular complexity index is 497. The van der Waals surface area contributed by atoms with Gasteiger partial charge in [-0.15, -0.1) is 0 Å². The molecule has 1 fully saturated rings. The zero-order valence-electron chi connectivity index (χ0n) is 11.0. The fraction of sp³-hybridized carbons (Fsp3) is 0.429. The number of likely N-dealkylation sites (tertiary alicyclic amines) is 1. The van der Waals surface area contributed by atoms with E-state index < -0.39 is 6.04 Å². The zero-order valence-corrected chi connectivity index (χ0v) is 11.0. The van der Waals surface area contributed by atoms with Gasteiger partial charge in [0, 0.05) is 12.2 Å². The average Bonchev–Trinajstić information content (AvgIpc) is 2.60. The largest absolute Gasteiger partial charge is 0.373 e. The highest BCUT2D eigenvalue weighted by molar-refractivity contribution is 6.06. The van der Waals surface area contributed by atoms with E-state index >= 15 is 0 Å². The number of rotatable bonds is 3. The molecule has 0 spiro atoms. The molecule has 1 heterocycles. The fourth-order valence-corrected chi connectivity index (χ4v) is 2.22. The van der Waals surface area contributed by atoms with Gasteiger partial charge in [-0.25, -0.2) is 0 Å². The molecular weight excluding hydrogens is 228 g/mol. The van der Waals surface area contributed by atoms with Crippen molar-refractivity contribution in [2.75, 3.05) is 11.9 Å². The van der Waals surface area contributed by atoms with Gasteiger partial charge in [-0.3, -0.25) is 14.5 Å². The van der Waals surface area contributed by atoms with Gasteiger partial charge >= 0.3 is 0 Å². The van der Waals surface area contributed by atoms with Gasteiger partial charge in [0.05, 0.1) is 6.42 Å². The van der Waals surface area contributed by atoms with Gasteiger partial charge in [-0.2, -0.15) is 0 Å². The van der Waals surface area contributed by atoms with Crippen molar-refractivity contribution in [2.45, 2.75) is 33.2 Å². The van der Waals surface area contributed by atoms with Crippen molar-refractivity contribution in [3.8, 4) is 0 Å². The van der Waals surface area contributed by atoms with Crippen molar-refractivity contribution in [3.63, 3.8) is 0 Å². The minimum atomic E-state index is -0.419. The normalized spacial score (nSPS) is 19.5. The summed E-state index contributed by atoms with van der Waals surface area (Å²) in [6.07, 6.45) is 0.250. The minimum absolute atomic E-state index is 0.0923. The summed E-state index contributed by atoms with van der Waals surface area (Å²) in [6, 6.07) is 5.50. The Kier molecular flexibility index (Phi) is 3.36. The molecule has 0 saturated carbocycles. The van der Waals surface area contributed by atoms with E-state index in [1.165, 1.54) is 10.5 Å². The van der Waals surface area contributed by atoms with Crippen molar-refractivity contribution in [3.05, 3.63) is 29.3 Å². The van der Waals surface area contributed by atoms with E-state index in [1.807, 2.05) is 39.0 Å². The summed E-state index contributed by atoms with van der Waals surface area (Å²) in [5.41, 5.74) is 3.22. The van der Waals surface area contributed by atoms with Crippen LogP contribution in [0.1, 0.15) is 24.5 Å². The Hall–Kier alpha value is -1.84. The average molecular weight is 246 g/mol. The highest BCUT2D eigenvalue weighted by Gasteiger charge is 2.37. The first-order valence-electron chi connectivity index (χ1n) is 6.21. The summed E-state index contributed by atoms with van der Waals surface area (Å²) in [4.78, 5) is 24.9. The lowest BCUT2D eigenvalue weighted by Crippen LogP contribution is -2.34. The number of carbonyl (C=O) groups excluding carboxylic acids is 2. The molecule has 0 aromatic heterocycles. The molecule has 96 valence electrons. The topological polar surface area (TPSA) is 49.4 Å². The summed E-state index contributed by atoms with van der Waals surface area (Å²) in [5.74, 6) is -0.214. The summed E-state index contributed by atoms with van der Waals surface area (Å²) < 4.78 is 0. The van der Waals surface area contributed by atoms with Crippen LogP contribution < -0.4 is 5.32 Å². The van der Waals surface area contributed by atoms with Crippen molar-refractivity contribution in [2.24, 2.45) is 0 Å². The van der Waals surface area contributed by atoms with Gasteiger partial charge in [-0.05, 0) is 38.0 Å². The molecule has 1 aromatic carbocycles. The van der Waals surface area contributed by atoms with Gasteiger partial charge in [0.15, 0.2) is 0 Å². The molecule has 0 bridgehead atoms. The third kappa shape index (κ3) is 2.10. The molecule has 1 aliphatic rings. The molecule has 4 heteroatoms. The highest BCUT2D eigenvalue weighted by atomic mass is 16.2. The Balaban J connectivity index is 2.18. The number of hydrogen-bond donors (Lipinski definition) is 1. The molecule has 1 unspecified atom stereocenters. The van der Waals surface area contributed by atoms with Gasteiger partial charge in [0.1, 0.15) is 6.04 Å². The Morgan fingerprint density at radius 1 is 1.33 bits per heavy atom. The van der Waals surface area contributed by atoms with E-state index in [-0.39, 0.29) is 18.2 Å². The van der Waals surface area contributed by atoms with Crippen LogP contribution in [0, 0.1) is 13.8 Å². The summed E-state index contributed by atoms with van der Waals surface area (Å²) >= 11 is 0. The quantitative estimate of drug-likeness (QED) is 0.828. The van der Waals surface area contributed by atoms with Crippen LogP contribution in [0.25, 0.3) is 0 Å². The SMILES string of the molecule is CCN1C(=O)CC(Nc2cccc(C)c2C)C1=O. The maximum absolute atomic E-state index is 12.0. The number of imide groups is 1. The van der Waals surface area contributed by atoms with Crippen LogP contribution in [0.3, 0.4) is 0 Å². The monoisotopic (exact) mass is 246 g/mol. The second-order valence-electron chi connectivity index (χ2n) is 4.62. The first kappa shape index (κ1) is 12.6. The first-order chi connectivity index (χ1) is 8.54. The van der Waals surface area contributed by atoms with E-state index in [1.54, 1.807) is 0 Å². The fourth-order valence-electron chi connectivity index (χ4n) is 2.22. The van der Waals surface area contributed by atoms with E-state index in [9.17, 15) is 9.59 Å². The Labute approximate surface area is 107 Å². The summed E-state index contributed by atoms with van der Waals surface area (Å²) in [5, 5.41) is 3.18. The van der Waals surface area contributed by atoms with Crippen LogP contribution in [-0.2, 0) is 9.59 Å². The van der Waals surface area contributed by atoms with Crippen LogP contribution in [0.5, 0.6) is 0 Å². The number of likely N-dealkylation sites (N-methyl/N-ethyl adjacent to an activating group) is 1. The number of benzene rings is 1. The van der Waals surface area contributed by atoms with Crippen LogP contribution >= 0.6 is 0 Å². The van der Waals surface area contributed by atoms with E-state index in [4.69, 9.17) is 0 Å². The van der Waals surface area contributed by atoms with E-state index in [0.29, 0.717) is 6.54 Å². The number of nitrogens with zero attached hydrogens (tertiary/aromatic N) is 1. The van der Waals surface area contributed by atoms with Gasteiger partial charge < -0.3 is 5.32 Å². The third-order valence-electron chi connectivity index (χ3n) is 3.49. The molecule has 4 nitrogen and oxygen atoms in total. The van der Waals surface area contributed by atoms with Gasteiger partial charge in [0.2, 0.25) is 5.91 Å². The summed E-state index contributed by atoms with van der Waals surface area (Å²) in [7, 11) is 0. The predicted molar refractivity (Wildman–Crippen MR) is 70.3 cm³/mol. The predicted octanol–water partition coefficient (Wildman–Crippen LogP) is 1.86. The number of nitrogens with one attached hydrogen (secondary N) is 1. The number of carbonyl (C=O) groups is 2. The zero-order chi connectivity index (χ0) is 13.3. The van der Waals surface area contributed by atoms with E-state index in [2.05, 4.69) is 5.32 Å². The molecular formula is C14H18N2O2. The second-order valence-corrected chi connectivity index (χ2v) is 4.62. The van der Waals surface area contributed by atoms with Crippen molar-refractivity contribution in [1.29, 1.82) is 0 Å². The standard InChI is InChI=1S/C14H18N2O2/c1-4-16-13(17)8-12(14(16)18)15-11-7-5-6-9(2)10(11)3/h5-7,12,15H,4,8H2,1-3H3. The molecule has 1 aromatic rings. The minimum Gasteiger partial charge on any atom is -0.373 e. The molecule has 1 saturated heterocycles. The van der Waals surface area contributed by atoms with Crippen molar-refractivity contribution in [1.82, 2.24) is 4.90 Å². The van der Waals surface area contributed by atoms with Crippen LogP contribution in [0.15, 0.2) is 18.2 Å². The van der Waals surface area contributed by atoms with Gasteiger partial charge in [0.25, 0.3) is 5.91 Å². The van der Waals surface area contributed by atoms with Crippen molar-refractivity contribution < 1.29 is 9.59 Å². The molecule has 0 radical (unpaired) electrons. The lowest BCUT2D eigenvalue weighted by Gasteiger charge is -2.16. The molecule has 1 atom stereocenters. The lowest BCUT2D eigenvalue weighted by atomic mass is 10.1. The van der Waals surface area contributed by atoms with Crippen molar-refractivity contribution >= 4 is 17.5 Å². The second kappa shape index (κ2) is 4.80. The number of amides is 2. The number of aryl methyl sites for hydroxylation is 1. The molecule has 2 amide bonds. The lowest BCUT2D eigenvalue weighted by molar-refractivity contribution is -0.138. The number of hydrogen-bond acceptors (Lipinski definition) is 3. The van der Waals surface area contributed by atoms with Crippen LogP contribution in [-0.4, -0.2) is 29.3 Å². The first-order valence-corrected chi connectivity index (χ1v) is 6.21. The number of anilines is 1. The van der Waals surface area contributed by atoms with Gasteiger partial charge in [-0.1, -0.05) is 12.1 Å².